The summed E-state index contributed by atoms with van der Waals surface area (Å²) in [5.74, 6) is -0.221. The van der Waals surface area contributed by atoms with Gasteiger partial charge in [0.2, 0.25) is 0 Å². The van der Waals surface area contributed by atoms with Crippen molar-refractivity contribution in [3.05, 3.63) is 48.5 Å². The van der Waals surface area contributed by atoms with Gasteiger partial charge in [0.25, 0.3) is 10.1 Å². The van der Waals surface area contributed by atoms with Gasteiger partial charge >= 0.3 is 0 Å². The average Bonchev–Trinajstić information content (AvgIpc) is 2.55. The minimum atomic E-state index is -3.91. The van der Waals surface area contributed by atoms with Crippen LogP contribution in [0.5, 0.6) is 0 Å². The number of para-hydroxylation sites is 2. The standard InChI is InChI=1S/C15H15NO3S2.C2H6/c17-21(18,19)11-5-10-16-12-6-1-3-8-14(12)20-15-9-4-2-7-13(15)16;1-2/h1-4,6-9H,5,10-11H2,(H,17,18,19);1-2H3. The molecular weight excluding hydrogens is 330 g/mol. The molecule has 0 bridgehead atoms. The molecule has 1 aliphatic heterocycles. The van der Waals surface area contributed by atoms with E-state index in [0.717, 1.165) is 21.2 Å². The van der Waals surface area contributed by atoms with Crippen molar-refractivity contribution in [2.45, 2.75) is 30.1 Å². The second-order valence-electron chi connectivity index (χ2n) is 4.83. The minimum absolute atomic E-state index is 0.221. The van der Waals surface area contributed by atoms with E-state index in [9.17, 15) is 8.42 Å². The summed E-state index contributed by atoms with van der Waals surface area (Å²) < 4.78 is 30.7. The van der Waals surface area contributed by atoms with Gasteiger partial charge in [0.15, 0.2) is 0 Å². The highest BCUT2D eigenvalue weighted by atomic mass is 32.2. The largest absolute Gasteiger partial charge is 0.340 e. The van der Waals surface area contributed by atoms with Gasteiger partial charge in [0.05, 0.1) is 17.1 Å². The summed E-state index contributed by atoms with van der Waals surface area (Å²) in [5, 5.41) is 0. The molecule has 0 atom stereocenters. The van der Waals surface area contributed by atoms with Gasteiger partial charge in [-0.2, -0.15) is 8.42 Å². The fourth-order valence-corrected chi connectivity index (χ4v) is 4.02. The lowest BCUT2D eigenvalue weighted by Crippen LogP contribution is -2.23. The molecule has 0 unspecified atom stereocenters. The maximum absolute atomic E-state index is 10.9. The predicted molar refractivity (Wildman–Crippen MR) is 96.4 cm³/mol. The van der Waals surface area contributed by atoms with Crippen LogP contribution in [0.3, 0.4) is 0 Å². The Morgan fingerprint density at radius 1 is 0.957 bits per heavy atom. The Labute approximate surface area is 142 Å². The minimum Gasteiger partial charge on any atom is -0.340 e. The van der Waals surface area contributed by atoms with Crippen molar-refractivity contribution in [3.63, 3.8) is 0 Å². The Morgan fingerprint density at radius 3 is 1.91 bits per heavy atom. The summed E-state index contributed by atoms with van der Waals surface area (Å²) >= 11 is 1.72. The normalized spacial score (nSPS) is 12.7. The second-order valence-corrected chi connectivity index (χ2v) is 7.48. The maximum Gasteiger partial charge on any atom is 0.264 e. The monoisotopic (exact) mass is 351 g/mol. The van der Waals surface area contributed by atoms with E-state index >= 15 is 0 Å². The smallest absolute Gasteiger partial charge is 0.264 e. The van der Waals surface area contributed by atoms with Crippen LogP contribution in [0.4, 0.5) is 11.4 Å². The fourth-order valence-electron chi connectivity index (χ4n) is 2.43. The van der Waals surface area contributed by atoms with E-state index in [0.29, 0.717) is 13.0 Å². The van der Waals surface area contributed by atoms with Crippen LogP contribution in [-0.4, -0.2) is 25.3 Å². The Morgan fingerprint density at radius 2 is 1.43 bits per heavy atom. The van der Waals surface area contributed by atoms with Crippen molar-refractivity contribution in [2.24, 2.45) is 0 Å². The molecule has 0 aliphatic carbocycles. The highest BCUT2D eigenvalue weighted by Crippen LogP contribution is 2.47. The molecule has 0 spiro atoms. The van der Waals surface area contributed by atoms with E-state index in [4.69, 9.17) is 4.55 Å². The molecular formula is C17H21NO3S2. The number of rotatable bonds is 4. The number of anilines is 2. The molecule has 23 heavy (non-hydrogen) atoms. The summed E-state index contributed by atoms with van der Waals surface area (Å²) in [6.07, 6.45) is 0.381. The van der Waals surface area contributed by atoms with Gasteiger partial charge in [-0.15, -0.1) is 0 Å². The van der Waals surface area contributed by atoms with Crippen LogP contribution in [0.15, 0.2) is 58.3 Å². The summed E-state index contributed by atoms with van der Waals surface area (Å²) in [6, 6.07) is 16.1. The van der Waals surface area contributed by atoms with Crippen molar-refractivity contribution in [3.8, 4) is 0 Å². The van der Waals surface area contributed by atoms with Crippen LogP contribution in [0, 0.1) is 0 Å². The fraction of sp³-hybridized carbons (Fsp3) is 0.294. The van der Waals surface area contributed by atoms with Gasteiger partial charge in [0.1, 0.15) is 0 Å². The molecule has 1 aliphatic rings. The Balaban J connectivity index is 0.000000924. The van der Waals surface area contributed by atoms with Crippen LogP contribution >= 0.6 is 11.8 Å². The Bertz CT molecular complexity index is 714. The molecule has 6 heteroatoms. The van der Waals surface area contributed by atoms with Crippen molar-refractivity contribution in [1.29, 1.82) is 0 Å². The van der Waals surface area contributed by atoms with Crippen molar-refractivity contribution >= 4 is 33.3 Å². The van der Waals surface area contributed by atoms with Gasteiger partial charge in [-0.3, -0.25) is 4.55 Å². The average molecular weight is 351 g/mol. The molecule has 0 radical (unpaired) electrons. The third-order valence-corrected chi connectivity index (χ3v) is 5.25. The highest BCUT2D eigenvalue weighted by molar-refractivity contribution is 7.99. The number of fused-ring (bicyclic) bond motifs is 2. The lowest BCUT2D eigenvalue weighted by Gasteiger charge is -2.32. The summed E-state index contributed by atoms with van der Waals surface area (Å²) in [4.78, 5) is 4.43. The van der Waals surface area contributed by atoms with Crippen LogP contribution in [-0.2, 0) is 10.1 Å². The Hall–Kier alpha value is -1.50. The molecule has 1 heterocycles. The van der Waals surface area contributed by atoms with Gasteiger partial charge in [-0.1, -0.05) is 49.9 Å². The first-order valence-corrected chi connectivity index (χ1v) is 10.1. The summed E-state index contributed by atoms with van der Waals surface area (Å²) in [5.41, 5.74) is 2.16. The maximum atomic E-state index is 10.9. The van der Waals surface area contributed by atoms with Gasteiger partial charge in [0, 0.05) is 16.3 Å². The number of nitrogens with zero attached hydrogens (tertiary/aromatic N) is 1. The molecule has 0 aromatic heterocycles. The quantitative estimate of drug-likeness (QED) is 0.816. The third kappa shape index (κ3) is 4.50. The van der Waals surface area contributed by atoms with E-state index in [1.54, 1.807) is 11.8 Å². The van der Waals surface area contributed by atoms with E-state index in [-0.39, 0.29) is 5.75 Å². The van der Waals surface area contributed by atoms with Crippen molar-refractivity contribution < 1.29 is 13.0 Å². The first-order valence-electron chi connectivity index (χ1n) is 7.63. The molecule has 2 aromatic rings. The Kier molecular flexibility index (Phi) is 6.10. The zero-order valence-electron chi connectivity index (χ0n) is 13.3. The van der Waals surface area contributed by atoms with Crippen LogP contribution in [0.2, 0.25) is 0 Å². The molecule has 0 saturated carbocycles. The van der Waals surface area contributed by atoms with Gasteiger partial charge < -0.3 is 4.90 Å². The molecule has 4 nitrogen and oxygen atoms in total. The number of hydrogen-bond donors (Lipinski definition) is 1. The third-order valence-electron chi connectivity index (χ3n) is 3.32. The molecule has 0 fully saturated rings. The van der Waals surface area contributed by atoms with Crippen molar-refractivity contribution in [1.82, 2.24) is 0 Å². The molecule has 0 amide bonds. The van der Waals surface area contributed by atoms with Crippen LogP contribution in [0.25, 0.3) is 0 Å². The lowest BCUT2D eigenvalue weighted by atomic mass is 10.2. The second kappa shape index (κ2) is 7.86. The SMILES string of the molecule is CC.O=S(=O)(O)CCCN1c2ccccc2Sc2ccccc21. The highest BCUT2D eigenvalue weighted by Gasteiger charge is 2.22. The first kappa shape index (κ1) is 17.8. The van der Waals surface area contributed by atoms with Crippen molar-refractivity contribution in [2.75, 3.05) is 17.2 Å². The van der Waals surface area contributed by atoms with E-state index in [2.05, 4.69) is 17.0 Å². The topological polar surface area (TPSA) is 57.6 Å². The summed E-state index contributed by atoms with van der Waals surface area (Å²) in [6.45, 7) is 4.55. The molecule has 124 valence electrons. The van der Waals surface area contributed by atoms with E-state index in [1.807, 2.05) is 50.2 Å². The van der Waals surface area contributed by atoms with Gasteiger partial charge in [-0.25, -0.2) is 0 Å². The van der Waals surface area contributed by atoms with E-state index < -0.39 is 10.1 Å². The zero-order valence-corrected chi connectivity index (χ0v) is 14.9. The van der Waals surface area contributed by atoms with Gasteiger partial charge in [-0.05, 0) is 30.7 Å². The number of benzene rings is 2. The number of hydrogen-bond acceptors (Lipinski definition) is 4. The summed E-state index contributed by atoms with van der Waals surface area (Å²) in [7, 11) is -3.91. The van der Waals surface area contributed by atoms with Crippen LogP contribution < -0.4 is 4.90 Å². The molecule has 3 rings (SSSR count). The first-order chi connectivity index (χ1) is 11.0. The molecule has 0 saturated heterocycles. The lowest BCUT2D eigenvalue weighted by molar-refractivity contribution is 0.481. The molecule has 1 N–H and O–H groups in total. The predicted octanol–water partition coefficient (Wildman–Crippen LogP) is 4.59. The zero-order chi connectivity index (χ0) is 16.9. The van der Waals surface area contributed by atoms with E-state index in [1.165, 1.54) is 0 Å². The van der Waals surface area contributed by atoms with Crippen LogP contribution in [0.1, 0.15) is 20.3 Å². The molecule has 2 aromatic carbocycles.